The fraction of sp³-hybridized carbons (Fsp3) is 0.364. The first-order valence-electron chi connectivity index (χ1n) is 5.49. The number of aromatic amines is 1. The summed E-state index contributed by atoms with van der Waals surface area (Å²) in [4.78, 5) is 3.18. The zero-order valence-electron chi connectivity index (χ0n) is 9.15. The van der Waals surface area contributed by atoms with Gasteiger partial charge < -0.3 is 14.7 Å². The van der Waals surface area contributed by atoms with Crippen LogP contribution in [0.3, 0.4) is 0 Å². The van der Waals surface area contributed by atoms with Gasteiger partial charge in [-0.3, -0.25) is 0 Å². The van der Waals surface area contributed by atoms with Crippen LogP contribution in [0.15, 0.2) is 18.2 Å². The average molecular weight is 270 g/mol. The molecule has 3 rings (SSSR count). The Bertz CT molecular complexity index is 600. The minimum absolute atomic E-state index is 0.676. The highest BCUT2D eigenvalue weighted by molar-refractivity contribution is 7.71. The number of nitrogens with zero attached hydrogens (tertiary/aromatic N) is 2. The van der Waals surface area contributed by atoms with Crippen molar-refractivity contribution in [2.24, 2.45) is 0 Å². The van der Waals surface area contributed by atoms with E-state index in [9.17, 15) is 0 Å². The van der Waals surface area contributed by atoms with E-state index < -0.39 is 0 Å². The topological polar surface area (TPSA) is 33.2 Å². The molecule has 0 radical (unpaired) electrons. The van der Waals surface area contributed by atoms with Gasteiger partial charge in [-0.25, -0.2) is 4.68 Å². The van der Waals surface area contributed by atoms with Crippen molar-refractivity contribution in [2.45, 2.75) is 0 Å². The van der Waals surface area contributed by atoms with E-state index in [4.69, 9.17) is 28.6 Å². The molecule has 4 nitrogen and oxygen atoms in total. The zero-order valence-corrected chi connectivity index (χ0v) is 10.7. The monoisotopic (exact) mass is 269 g/mol. The molecule has 1 aliphatic heterocycles. The van der Waals surface area contributed by atoms with Crippen molar-refractivity contribution in [3.8, 4) is 0 Å². The molecule has 2 heterocycles. The molecule has 1 N–H and O–H groups in total. The first-order valence-corrected chi connectivity index (χ1v) is 6.28. The predicted molar refractivity (Wildman–Crippen MR) is 70.9 cm³/mol. The summed E-state index contributed by atoms with van der Waals surface area (Å²) < 4.78 is 8.01. The van der Waals surface area contributed by atoms with Gasteiger partial charge >= 0.3 is 0 Å². The molecule has 90 valence electrons. The highest BCUT2D eigenvalue weighted by Gasteiger charge is 2.16. The number of rotatable bonds is 1. The number of morpholine rings is 1. The second kappa shape index (κ2) is 4.33. The van der Waals surface area contributed by atoms with Crippen LogP contribution in [0.25, 0.3) is 11.0 Å². The summed E-state index contributed by atoms with van der Waals surface area (Å²) in [5.74, 6) is 0. The molecular weight excluding hydrogens is 258 g/mol. The van der Waals surface area contributed by atoms with Crippen LogP contribution in [0.4, 0.5) is 0 Å². The van der Waals surface area contributed by atoms with Crippen LogP contribution in [0.1, 0.15) is 0 Å². The van der Waals surface area contributed by atoms with E-state index in [-0.39, 0.29) is 0 Å². The van der Waals surface area contributed by atoms with Gasteiger partial charge in [0.25, 0.3) is 0 Å². The fourth-order valence-electron chi connectivity index (χ4n) is 2.12. The molecule has 17 heavy (non-hydrogen) atoms. The number of nitrogens with one attached hydrogen (secondary N) is 1. The number of ether oxygens (including phenoxy) is 1. The smallest absolute Gasteiger partial charge is 0.197 e. The van der Waals surface area contributed by atoms with E-state index in [0.29, 0.717) is 9.79 Å². The van der Waals surface area contributed by atoms with Crippen LogP contribution in [0.5, 0.6) is 0 Å². The van der Waals surface area contributed by atoms with Crippen LogP contribution in [-0.2, 0) is 4.74 Å². The lowest BCUT2D eigenvalue weighted by molar-refractivity contribution is 0.111. The minimum Gasteiger partial charge on any atom is -0.378 e. The number of aromatic nitrogens is 2. The van der Waals surface area contributed by atoms with Crippen molar-refractivity contribution in [2.75, 3.05) is 31.3 Å². The van der Waals surface area contributed by atoms with Gasteiger partial charge in [-0.05, 0) is 24.4 Å². The average Bonchev–Trinajstić information content (AvgIpc) is 2.68. The van der Waals surface area contributed by atoms with Gasteiger partial charge in [0.15, 0.2) is 4.77 Å². The quantitative estimate of drug-likeness (QED) is 0.807. The molecule has 2 aromatic rings. The minimum atomic E-state index is 0.676. The molecule has 1 aromatic carbocycles. The summed E-state index contributed by atoms with van der Waals surface area (Å²) in [7, 11) is 0. The van der Waals surface area contributed by atoms with E-state index in [1.54, 1.807) is 0 Å². The molecular formula is C11H12ClN3OS. The van der Waals surface area contributed by atoms with Crippen molar-refractivity contribution in [3.63, 3.8) is 0 Å². The highest BCUT2D eigenvalue weighted by atomic mass is 35.5. The Kier molecular flexibility index (Phi) is 2.82. The maximum absolute atomic E-state index is 6.25. The molecule has 0 amide bonds. The summed E-state index contributed by atoms with van der Waals surface area (Å²) in [5.41, 5.74) is 1.91. The van der Waals surface area contributed by atoms with Crippen molar-refractivity contribution >= 4 is 34.9 Å². The van der Waals surface area contributed by atoms with E-state index in [2.05, 4.69) is 9.99 Å². The van der Waals surface area contributed by atoms with Gasteiger partial charge in [-0.2, -0.15) is 0 Å². The molecule has 6 heteroatoms. The third kappa shape index (κ3) is 1.84. The van der Waals surface area contributed by atoms with Crippen molar-refractivity contribution in [1.82, 2.24) is 9.66 Å². The third-order valence-corrected chi connectivity index (χ3v) is 3.48. The van der Waals surface area contributed by atoms with Crippen LogP contribution in [0, 0.1) is 4.77 Å². The predicted octanol–water partition coefficient (Wildman–Crippen LogP) is 2.32. The maximum atomic E-state index is 6.25. The first-order chi connectivity index (χ1) is 8.27. The lowest BCUT2D eigenvalue weighted by atomic mass is 10.3. The van der Waals surface area contributed by atoms with E-state index in [1.165, 1.54) is 0 Å². The standard InChI is InChI=1S/C11H12ClN3OS/c12-8-2-1-3-9-10(8)15(11(17)13-9)14-4-6-16-7-5-14/h1-3H,4-7H2,(H,13,17). The largest absolute Gasteiger partial charge is 0.378 e. The Labute approximate surface area is 109 Å². The Morgan fingerprint density at radius 3 is 2.82 bits per heavy atom. The van der Waals surface area contributed by atoms with E-state index in [1.807, 2.05) is 22.9 Å². The van der Waals surface area contributed by atoms with E-state index in [0.717, 1.165) is 37.3 Å². The molecule has 0 spiro atoms. The summed E-state index contributed by atoms with van der Waals surface area (Å²) in [6.45, 7) is 3.09. The van der Waals surface area contributed by atoms with Gasteiger partial charge in [0, 0.05) is 0 Å². The van der Waals surface area contributed by atoms with Gasteiger partial charge in [0.1, 0.15) is 5.52 Å². The second-order valence-corrected chi connectivity index (χ2v) is 4.74. The summed E-state index contributed by atoms with van der Waals surface area (Å²) in [5, 5.41) is 2.87. The lowest BCUT2D eigenvalue weighted by Crippen LogP contribution is -2.44. The molecule has 0 aliphatic carbocycles. The van der Waals surface area contributed by atoms with E-state index >= 15 is 0 Å². The second-order valence-electron chi connectivity index (χ2n) is 3.94. The SMILES string of the molecule is S=c1[nH]c2cccc(Cl)c2n1N1CCOCC1. The van der Waals surface area contributed by atoms with Crippen LogP contribution < -0.4 is 5.01 Å². The van der Waals surface area contributed by atoms with Crippen LogP contribution in [-0.4, -0.2) is 36.0 Å². The Morgan fingerprint density at radius 2 is 2.06 bits per heavy atom. The Hall–Kier alpha value is -1.04. The molecule has 0 atom stereocenters. The number of halogens is 1. The summed E-state index contributed by atoms with van der Waals surface area (Å²) in [6.07, 6.45) is 0. The lowest BCUT2D eigenvalue weighted by Gasteiger charge is -2.30. The Morgan fingerprint density at radius 1 is 1.29 bits per heavy atom. The van der Waals surface area contributed by atoms with Crippen LogP contribution in [0.2, 0.25) is 5.02 Å². The zero-order chi connectivity index (χ0) is 11.8. The van der Waals surface area contributed by atoms with Gasteiger partial charge in [-0.1, -0.05) is 17.7 Å². The number of hydrogen-bond acceptors (Lipinski definition) is 3. The number of H-pyrrole nitrogens is 1. The van der Waals surface area contributed by atoms with Crippen molar-refractivity contribution in [1.29, 1.82) is 0 Å². The molecule has 0 saturated carbocycles. The normalized spacial score (nSPS) is 16.6. The molecule has 1 aromatic heterocycles. The van der Waals surface area contributed by atoms with Crippen LogP contribution >= 0.6 is 23.8 Å². The number of benzene rings is 1. The summed E-state index contributed by atoms with van der Waals surface area (Å²) in [6, 6.07) is 5.77. The van der Waals surface area contributed by atoms with Crippen molar-refractivity contribution < 1.29 is 4.74 Å². The molecule has 1 saturated heterocycles. The maximum Gasteiger partial charge on any atom is 0.197 e. The number of fused-ring (bicyclic) bond motifs is 1. The highest BCUT2D eigenvalue weighted by Crippen LogP contribution is 2.23. The number of hydrogen-bond donors (Lipinski definition) is 1. The first kappa shape index (κ1) is 11.1. The number of imidazole rings is 1. The number of para-hydroxylation sites is 1. The van der Waals surface area contributed by atoms with Gasteiger partial charge in [0.05, 0.1) is 36.8 Å². The van der Waals surface area contributed by atoms with Gasteiger partial charge in [-0.15, -0.1) is 0 Å². The fourth-order valence-corrected chi connectivity index (χ4v) is 2.70. The molecule has 1 fully saturated rings. The Balaban J connectivity index is 2.20. The molecule has 0 unspecified atom stereocenters. The van der Waals surface area contributed by atoms with Crippen molar-refractivity contribution in [3.05, 3.63) is 28.0 Å². The van der Waals surface area contributed by atoms with Gasteiger partial charge in [0.2, 0.25) is 0 Å². The molecule has 0 bridgehead atoms. The molecule has 1 aliphatic rings. The summed E-state index contributed by atoms with van der Waals surface area (Å²) >= 11 is 11.6. The third-order valence-electron chi connectivity index (χ3n) is 2.90.